The predicted molar refractivity (Wildman–Crippen MR) is 89.1 cm³/mol. The van der Waals surface area contributed by atoms with Crippen LogP contribution in [0, 0.1) is 6.92 Å². The van der Waals surface area contributed by atoms with Crippen molar-refractivity contribution in [3.63, 3.8) is 0 Å². The second kappa shape index (κ2) is 5.76. The molecule has 3 rings (SSSR count). The molecule has 0 unspecified atom stereocenters. The van der Waals surface area contributed by atoms with E-state index in [4.69, 9.17) is 5.14 Å². The van der Waals surface area contributed by atoms with Gasteiger partial charge in [-0.15, -0.1) is 11.3 Å². The Kier molecular flexibility index (Phi) is 3.96. The molecule has 0 fully saturated rings. The number of nitrogens with one attached hydrogen (secondary N) is 1. The minimum atomic E-state index is -3.67. The van der Waals surface area contributed by atoms with Crippen LogP contribution < -0.4 is 10.5 Å². The Bertz CT molecular complexity index is 884. The van der Waals surface area contributed by atoms with Crippen LogP contribution in [-0.4, -0.2) is 18.4 Å². The number of aryl methyl sites for hydroxylation is 1. The fraction of sp³-hybridized carbons (Fsp3) is 0.0769. The maximum absolute atomic E-state index is 11.3. The summed E-state index contributed by atoms with van der Waals surface area (Å²) >= 11 is 2.99. The van der Waals surface area contributed by atoms with Crippen molar-refractivity contribution in [3.8, 4) is 10.4 Å². The van der Waals surface area contributed by atoms with Crippen LogP contribution in [0.15, 0.2) is 40.7 Å². The number of hydrogen-bond acceptors (Lipinski definition) is 7. The molecule has 0 bridgehead atoms. The van der Waals surface area contributed by atoms with Gasteiger partial charge in [0.25, 0.3) is 0 Å². The molecule has 1 aromatic carbocycles. The second-order valence-electron chi connectivity index (χ2n) is 4.47. The van der Waals surface area contributed by atoms with E-state index in [1.165, 1.54) is 34.8 Å². The number of anilines is 2. The van der Waals surface area contributed by atoms with Gasteiger partial charge in [-0.05, 0) is 24.6 Å². The van der Waals surface area contributed by atoms with Crippen molar-refractivity contribution in [3.05, 3.63) is 41.5 Å². The van der Waals surface area contributed by atoms with Crippen molar-refractivity contribution in [2.45, 2.75) is 11.8 Å². The van der Waals surface area contributed by atoms with E-state index in [2.05, 4.69) is 15.3 Å². The molecule has 0 saturated heterocycles. The van der Waals surface area contributed by atoms with E-state index >= 15 is 0 Å². The van der Waals surface area contributed by atoms with Crippen LogP contribution >= 0.6 is 22.7 Å². The van der Waals surface area contributed by atoms with E-state index in [1.807, 2.05) is 12.3 Å². The molecule has 0 spiro atoms. The minimum absolute atomic E-state index is 0.0968. The van der Waals surface area contributed by atoms with Crippen LogP contribution in [0.1, 0.15) is 5.69 Å². The van der Waals surface area contributed by atoms with Gasteiger partial charge in [-0.3, -0.25) is 0 Å². The molecule has 0 aliphatic rings. The first-order valence-corrected chi connectivity index (χ1v) is 9.45. The van der Waals surface area contributed by atoms with Crippen LogP contribution in [0.3, 0.4) is 0 Å². The van der Waals surface area contributed by atoms with E-state index in [9.17, 15) is 8.42 Å². The van der Waals surface area contributed by atoms with Crippen molar-refractivity contribution in [2.24, 2.45) is 5.14 Å². The summed E-state index contributed by atoms with van der Waals surface area (Å²) < 4.78 is 22.6. The van der Waals surface area contributed by atoms with Gasteiger partial charge >= 0.3 is 0 Å². The molecule has 0 amide bonds. The summed E-state index contributed by atoms with van der Waals surface area (Å²) in [5, 5.41) is 11.7. The molecule has 114 valence electrons. The van der Waals surface area contributed by atoms with Crippen molar-refractivity contribution < 1.29 is 8.42 Å². The van der Waals surface area contributed by atoms with Crippen LogP contribution in [0.2, 0.25) is 0 Å². The first-order chi connectivity index (χ1) is 10.4. The quantitative estimate of drug-likeness (QED) is 0.752. The highest BCUT2D eigenvalue weighted by atomic mass is 32.2. The lowest BCUT2D eigenvalue weighted by Crippen LogP contribution is -2.11. The van der Waals surface area contributed by atoms with E-state index in [1.54, 1.807) is 18.3 Å². The van der Waals surface area contributed by atoms with Crippen LogP contribution in [0.5, 0.6) is 0 Å². The molecule has 22 heavy (non-hydrogen) atoms. The lowest BCUT2D eigenvalue weighted by molar-refractivity contribution is 0.598. The third kappa shape index (κ3) is 3.17. The lowest BCUT2D eigenvalue weighted by atomic mass is 10.2. The van der Waals surface area contributed by atoms with Gasteiger partial charge in [-0.1, -0.05) is 23.5 Å². The Balaban J connectivity index is 1.90. The van der Waals surface area contributed by atoms with Gasteiger partial charge in [0.15, 0.2) is 10.3 Å². The summed E-state index contributed by atoms with van der Waals surface area (Å²) in [7, 11) is -3.67. The Morgan fingerprint density at radius 3 is 2.50 bits per heavy atom. The van der Waals surface area contributed by atoms with Gasteiger partial charge in [-0.2, -0.15) is 0 Å². The third-order valence-electron chi connectivity index (χ3n) is 2.89. The largest absolute Gasteiger partial charge is 0.307 e. The van der Waals surface area contributed by atoms with E-state index in [-0.39, 0.29) is 4.90 Å². The number of rotatable bonds is 4. The Hall–Kier alpha value is -1.81. The van der Waals surface area contributed by atoms with Gasteiger partial charge in [0.05, 0.1) is 15.5 Å². The molecule has 0 radical (unpaired) electrons. The maximum atomic E-state index is 11.3. The molecule has 9 heteroatoms. The molecule has 0 saturated carbocycles. The molecule has 3 aromatic rings. The maximum Gasteiger partial charge on any atom is 0.238 e. The SMILES string of the molecule is Cc1nc(Nc2nccs2)sc1-c1ccc(S(N)(=O)=O)cc1. The van der Waals surface area contributed by atoms with Crippen molar-refractivity contribution in [1.82, 2.24) is 9.97 Å². The number of nitrogens with two attached hydrogens (primary N) is 1. The van der Waals surface area contributed by atoms with Gasteiger partial charge in [-0.25, -0.2) is 23.5 Å². The van der Waals surface area contributed by atoms with Crippen LogP contribution in [0.25, 0.3) is 10.4 Å². The summed E-state index contributed by atoms with van der Waals surface area (Å²) in [5.41, 5.74) is 1.77. The molecular formula is C13H12N4O2S3. The minimum Gasteiger partial charge on any atom is -0.307 e. The highest BCUT2D eigenvalue weighted by Crippen LogP contribution is 2.34. The van der Waals surface area contributed by atoms with Gasteiger partial charge < -0.3 is 5.32 Å². The smallest absolute Gasteiger partial charge is 0.238 e. The summed E-state index contributed by atoms with van der Waals surface area (Å²) in [5.74, 6) is 0. The number of primary sulfonamides is 1. The highest BCUT2D eigenvalue weighted by Gasteiger charge is 2.12. The summed E-state index contributed by atoms with van der Waals surface area (Å²) in [6.07, 6.45) is 1.72. The van der Waals surface area contributed by atoms with E-state index in [0.717, 1.165) is 26.4 Å². The molecule has 6 nitrogen and oxygen atoms in total. The van der Waals surface area contributed by atoms with Crippen LogP contribution in [0.4, 0.5) is 10.3 Å². The van der Waals surface area contributed by atoms with Crippen molar-refractivity contribution in [2.75, 3.05) is 5.32 Å². The first kappa shape index (κ1) is 15.1. The normalized spacial score (nSPS) is 11.5. The predicted octanol–water partition coefficient (Wildman–Crippen LogP) is 2.97. The van der Waals surface area contributed by atoms with Gasteiger partial charge in [0.2, 0.25) is 10.0 Å². The average molecular weight is 352 g/mol. The average Bonchev–Trinajstić information content (AvgIpc) is 3.08. The van der Waals surface area contributed by atoms with E-state index in [0.29, 0.717) is 0 Å². The molecule has 0 aliphatic heterocycles. The molecular weight excluding hydrogens is 340 g/mol. The summed E-state index contributed by atoms with van der Waals surface area (Å²) in [6.45, 7) is 1.91. The van der Waals surface area contributed by atoms with Gasteiger partial charge in [0.1, 0.15) is 0 Å². The van der Waals surface area contributed by atoms with Crippen LogP contribution in [-0.2, 0) is 10.0 Å². The molecule has 2 aromatic heterocycles. The number of thiazole rings is 2. The zero-order valence-electron chi connectivity index (χ0n) is 11.5. The summed E-state index contributed by atoms with van der Waals surface area (Å²) in [6, 6.07) is 6.45. The zero-order valence-corrected chi connectivity index (χ0v) is 13.9. The fourth-order valence-corrected chi connectivity index (χ4v) is 3.97. The van der Waals surface area contributed by atoms with E-state index < -0.39 is 10.0 Å². The Labute approximate surface area is 135 Å². The number of aromatic nitrogens is 2. The third-order valence-corrected chi connectivity index (χ3v) is 5.63. The van der Waals surface area contributed by atoms with Gasteiger partial charge in [0, 0.05) is 11.6 Å². The number of sulfonamides is 1. The highest BCUT2D eigenvalue weighted by molar-refractivity contribution is 7.89. The fourth-order valence-electron chi connectivity index (χ4n) is 1.89. The molecule has 0 atom stereocenters. The number of hydrogen-bond donors (Lipinski definition) is 2. The number of nitrogens with zero attached hydrogens (tertiary/aromatic N) is 2. The van der Waals surface area contributed by atoms with Crippen molar-refractivity contribution >= 4 is 43.0 Å². The number of benzene rings is 1. The first-order valence-electron chi connectivity index (χ1n) is 6.20. The molecule has 2 heterocycles. The molecule has 3 N–H and O–H groups in total. The lowest BCUT2D eigenvalue weighted by Gasteiger charge is -2.01. The monoisotopic (exact) mass is 352 g/mol. The standard InChI is InChI=1S/C13H12N4O2S3/c1-8-11(9-2-4-10(5-3-9)22(14,18)19)21-13(16-8)17-12-15-6-7-20-12/h2-7H,1H3,(H2,14,18,19)(H,15,16,17). The topological polar surface area (TPSA) is 98.0 Å². The summed E-state index contributed by atoms with van der Waals surface area (Å²) in [4.78, 5) is 9.69. The van der Waals surface area contributed by atoms with Crippen molar-refractivity contribution in [1.29, 1.82) is 0 Å². The molecule has 0 aliphatic carbocycles. The zero-order chi connectivity index (χ0) is 15.7. The Morgan fingerprint density at radius 1 is 1.18 bits per heavy atom. The Morgan fingerprint density at radius 2 is 1.91 bits per heavy atom. The second-order valence-corrected chi connectivity index (χ2v) is 7.92.